The number of likely N-dealkylation sites (tertiary alicyclic amines) is 1. The van der Waals surface area contributed by atoms with E-state index in [0.717, 1.165) is 37.8 Å². The number of benzene rings is 1. The van der Waals surface area contributed by atoms with Crippen LogP contribution < -0.4 is 10.1 Å². The second-order valence-electron chi connectivity index (χ2n) is 8.30. The number of hydrogen-bond acceptors (Lipinski definition) is 3. The molecule has 164 valence electrons. The highest BCUT2D eigenvalue weighted by atomic mass is 127. The van der Waals surface area contributed by atoms with Crippen LogP contribution in [0.2, 0.25) is 0 Å². The van der Waals surface area contributed by atoms with Gasteiger partial charge in [-0.3, -0.25) is 9.67 Å². The standard InChI is InChI=1S/C23H33N5O.HI/c1-24-23(28-13-12-19(17-28)20-15-26-27(2)16-20)25-14-18-8-10-22(11-9-18)29-21-6-4-3-5-7-21;/h8-11,15-16,19,21H,3-7,12-14,17H2,1-2H3,(H,24,25);1H. The number of guanidine groups is 1. The Hall–Kier alpha value is -1.77. The maximum absolute atomic E-state index is 6.13. The van der Waals surface area contributed by atoms with Crippen LogP contribution in [0.5, 0.6) is 5.75 Å². The smallest absolute Gasteiger partial charge is 0.193 e. The van der Waals surface area contributed by atoms with Crippen LogP contribution in [0.4, 0.5) is 0 Å². The zero-order valence-electron chi connectivity index (χ0n) is 18.1. The molecule has 1 saturated carbocycles. The molecule has 0 spiro atoms. The quantitative estimate of drug-likeness (QED) is 0.361. The number of nitrogens with one attached hydrogen (secondary N) is 1. The molecular formula is C23H34IN5O. The van der Waals surface area contributed by atoms with Gasteiger partial charge in [-0.25, -0.2) is 0 Å². The summed E-state index contributed by atoms with van der Waals surface area (Å²) in [6, 6.07) is 8.51. The van der Waals surface area contributed by atoms with Crippen LogP contribution in [-0.4, -0.2) is 46.9 Å². The SMILES string of the molecule is CN=C(NCc1ccc(OC2CCCCC2)cc1)N1CCC(c2cnn(C)c2)C1.I. The number of nitrogens with zero attached hydrogens (tertiary/aromatic N) is 4. The van der Waals surface area contributed by atoms with E-state index in [-0.39, 0.29) is 24.0 Å². The summed E-state index contributed by atoms with van der Waals surface area (Å²) in [5.74, 6) is 2.49. The van der Waals surface area contributed by atoms with Crippen LogP contribution in [0.15, 0.2) is 41.7 Å². The summed E-state index contributed by atoms with van der Waals surface area (Å²) < 4.78 is 8.02. The number of hydrogen-bond donors (Lipinski definition) is 1. The minimum atomic E-state index is 0. The lowest BCUT2D eigenvalue weighted by Gasteiger charge is -2.23. The van der Waals surface area contributed by atoms with Crippen LogP contribution in [0, 0.1) is 0 Å². The predicted octanol–water partition coefficient (Wildman–Crippen LogP) is 4.31. The van der Waals surface area contributed by atoms with Gasteiger partial charge in [-0.2, -0.15) is 5.10 Å². The van der Waals surface area contributed by atoms with Gasteiger partial charge in [0, 0.05) is 45.8 Å². The number of aryl methyl sites for hydroxylation is 1. The van der Waals surface area contributed by atoms with Crippen molar-refractivity contribution < 1.29 is 4.74 Å². The molecule has 1 N–H and O–H groups in total. The largest absolute Gasteiger partial charge is 0.490 e. The van der Waals surface area contributed by atoms with E-state index in [1.165, 1.54) is 43.2 Å². The summed E-state index contributed by atoms with van der Waals surface area (Å²) in [5.41, 5.74) is 2.56. The summed E-state index contributed by atoms with van der Waals surface area (Å²) in [6.07, 6.45) is 12.0. The predicted molar refractivity (Wildman–Crippen MR) is 132 cm³/mol. The molecule has 30 heavy (non-hydrogen) atoms. The fourth-order valence-corrected chi connectivity index (χ4v) is 4.45. The molecule has 7 heteroatoms. The molecule has 1 aliphatic heterocycles. The first kappa shape index (κ1) is 22.9. The molecule has 1 unspecified atom stereocenters. The van der Waals surface area contributed by atoms with Gasteiger partial charge in [-0.15, -0.1) is 24.0 Å². The monoisotopic (exact) mass is 523 g/mol. The van der Waals surface area contributed by atoms with E-state index in [1.807, 2.05) is 25.0 Å². The van der Waals surface area contributed by atoms with Gasteiger partial charge >= 0.3 is 0 Å². The van der Waals surface area contributed by atoms with Gasteiger partial charge in [0.05, 0.1) is 12.3 Å². The van der Waals surface area contributed by atoms with E-state index in [1.54, 1.807) is 0 Å². The average Bonchev–Trinajstić information content (AvgIpc) is 3.40. The lowest BCUT2D eigenvalue weighted by Crippen LogP contribution is -2.39. The Kier molecular flexibility index (Phi) is 8.41. The molecule has 2 aromatic rings. The van der Waals surface area contributed by atoms with Crippen molar-refractivity contribution in [2.24, 2.45) is 12.0 Å². The lowest BCUT2D eigenvalue weighted by molar-refractivity contribution is 0.155. The third-order valence-corrected chi connectivity index (χ3v) is 6.12. The molecule has 0 radical (unpaired) electrons. The van der Waals surface area contributed by atoms with Crippen LogP contribution >= 0.6 is 24.0 Å². The highest BCUT2D eigenvalue weighted by molar-refractivity contribution is 14.0. The fraction of sp³-hybridized carbons (Fsp3) is 0.565. The zero-order chi connectivity index (χ0) is 20.1. The van der Waals surface area contributed by atoms with Gasteiger partial charge in [0.1, 0.15) is 5.75 Å². The first-order valence-corrected chi connectivity index (χ1v) is 10.9. The van der Waals surface area contributed by atoms with E-state index >= 15 is 0 Å². The maximum atomic E-state index is 6.13. The summed E-state index contributed by atoms with van der Waals surface area (Å²) >= 11 is 0. The second kappa shape index (κ2) is 11.0. The molecule has 1 aliphatic carbocycles. The zero-order valence-corrected chi connectivity index (χ0v) is 20.4. The highest BCUT2D eigenvalue weighted by Crippen LogP contribution is 2.27. The summed E-state index contributed by atoms with van der Waals surface area (Å²) in [7, 11) is 3.84. The molecule has 1 aromatic carbocycles. The molecule has 1 atom stereocenters. The Labute approximate surface area is 197 Å². The van der Waals surface area contributed by atoms with Gasteiger partial charge in [0.25, 0.3) is 0 Å². The average molecular weight is 523 g/mol. The Balaban J connectivity index is 0.00000256. The molecule has 4 rings (SSSR count). The minimum absolute atomic E-state index is 0. The van der Waals surface area contributed by atoms with E-state index in [4.69, 9.17) is 4.74 Å². The van der Waals surface area contributed by atoms with Gasteiger partial charge in [0.2, 0.25) is 0 Å². The number of halogens is 1. The van der Waals surface area contributed by atoms with Crippen molar-refractivity contribution in [1.29, 1.82) is 0 Å². The molecule has 2 aliphatic rings. The van der Waals surface area contributed by atoms with E-state index in [0.29, 0.717) is 12.0 Å². The Bertz CT molecular complexity index is 813. The normalized spacial score (nSPS) is 20.1. The van der Waals surface area contributed by atoms with Crippen LogP contribution in [0.25, 0.3) is 0 Å². The van der Waals surface area contributed by atoms with Crippen molar-refractivity contribution in [3.8, 4) is 5.75 Å². The summed E-state index contributed by atoms with van der Waals surface area (Å²) in [6.45, 7) is 2.78. The topological polar surface area (TPSA) is 54.7 Å². The van der Waals surface area contributed by atoms with Crippen molar-refractivity contribution in [2.45, 2.75) is 57.1 Å². The second-order valence-corrected chi connectivity index (χ2v) is 8.30. The van der Waals surface area contributed by atoms with Crippen LogP contribution in [0.3, 0.4) is 0 Å². The molecule has 6 nitrogen and oxygen atoms in total. The van der Waals surface area contributed by atoms with Crippen molar-refractivity contribution in [3.05, 3.63) is 47.8 Å². The first-order valence-electron chi connectivity index (χ1n) is 10.9. The van der Waals surface area contributed by atoms with E-state index in [2.05, 4.69) is 50.8 Å². The van der Waals surface area contributed by atoms with E-state index < -0.39 is 0 Å². The lowest BCUT2D eigenvalue weighted by atomic mass is 9.98. The fourth-order valence-electron chi connectivity index (χ4n) is 4.45. The molecule has 1 aromatic heterocycles. The van der Waals surface area contributed by atoms with Crippen LogP contribution in [-0.2, 0) is 13.6 Å². The van der Waals surface area contributed by atoms with Crippen molar-refractivity contribution in [1.82, 2.24) is 20.0 Å². The third-order valence-electron chi connectivity index (χ3n) is 6.12. The highest BCUT2D eigenvalue weighted by Gasteiger charge is 2.26. The van der Waals surface area contributed by atoms with Crippen molar-refractivity contribution >= 4 is 29.9 Å². The molecule has 2 fully saturated rings. The number of rotatable bonds is 5. The number of aromatic nitrogens is 2. The number of ether oxygens (including phenoxy) is 1. The van der Waals surface area contributed by atoms with Crippen molar-refractivity contribution in [2.75, 3.05) is 20.1 Å². The van der Waals surface area contributed by atoms with Crippen molar-refractivity contribution in [3.63, 3.8) is 0 Å². The molecule has 0 bridgehead atoms. The number of aliphatic imine (C=N–C) groups is 1. The molecule has 1 saturated heterocycles. The van der Waals surface area contributed by atoms with Gasteiger partial charge < -0.3 is 15.0 Å². The minimum Gasteiger partial charge on any atom is -0.490 e. The Morgan fingerprint density at radius 2 is 1.93 bits per heavy atom. The molecule has 0 amide bonds. The maximum Gasteiger partial charge on any atom is 0.193 e. The van der Waals surface area contributed by atoms with Crippen LogP contribution in [0.1, 0.15) is 55.6 Å². The van der Waals surface area contributed by atoms with Gasteiger partial charge in [-0.1, -0.05) is 18.6 Å². The Morgan fingerprint density at radius 1 is 1.17 bits per heavy atom. The van der Waals surface area contributed by atoms with Gasteiger partial charge in [0.15, 0.2) is 5.96 Å². The summed E-state index contributed by atoms with van der Waals surface area (Å²) in [5, 5.41) is 7.83. The summed E-state index contributed by atoms with van der Waals surface area (Å²) in [4.78, 5) is 6.84. The van der Waals surface area contributed by atoms with E-state index in [9.17, 15) is 0 Å². The molecular weight excluding hydrogens is 489 g/mol. The Morgan fingerprint density at radius 3 is 2.60 bits per heavy atom. The van der Waals surface area contributed by atoms with Gasteiger partial charge in [-0.05, 0) is 55.4 Å². The molecule has 2 heterocycles. The third kappa shape index (κ3) is 5.89. The first-order chi connectivity index (χ1) is 14.2.